The standard InChI is InChI=1S/C16H28N4/c1-11(16-12(2)18-19(4)13(16)3)17-14-8-10-20-9-6-5-7-15(14)20/h11,14-15,17H,5-10H2,1-4H3. The van der Waals surface area contributed by atoms with Gasteiger partial charge in [-0.25, -0.2) is 0 Å². The van der Waals surface area contributed by atoms with E-state index in [4.69, 9.17) is 0 Å². The zero-order valence-corrected chi connectivity index (χ0v) is 13.3. The van der Waals surface area contributed by atoms with E-state index in [1.54, 1.807) is 0 Å². The highest BCUT2D eigenvalue weighted by Gasteiger charge is 2.36. The van der Waals surface area contributed by atoms with Crippen LogP contribution < -0.4 is 5.32 Å². The van der Waals surface area contributed by atoms with Crippen molar-refractivity contribution in [2.45, 2.75) is 64.6 Å². The molecule has 112 valence electrons. The lowest BCUT2D eigenvalue weighted by Crippen LogP contribution is -2.45. The van der Waals surface area contributed by atoms with Crippen LogP contribution in [0.3, 0.4) is 0 Å². The lowest BCUT2D eigenvalue weighted by Gasteiger charge is -2.34. The molecule has 3 unspecified atom stereocenters. The van der Waals surface area contributed by atoms with Crippen molar-refractivity contribution in [2.75, 3.05) is 13.1 Å². The predicted octanol–water partition coefficient (Wildman–Crippen LogP) is 2.31. The van der Waals surface area contributed by atoms with E-state index in [2.05, 4.69) is 36.1 Å². The Balaban J connectivity index is 1.71. The fourth-order valence-electron chi connectivity index (χ4n) is 4.26. The van der Waals surface area contributed by atoms with Crippen LogP contribution in [0.15, 0.2) is 0 Å². The Hall–Kier alpha value is -0.870. The first-order chi connectivity index (χ1) is 9.58. The molecule has 3 atom stereocenters. The van der Waals surface area contributed by atoms with Crippen LogP contribution in [-0.4, -0.2) is 39.9 Å². The van der Waals surface area contributed by atoms with E-state index >= 15 is 0 Å². The van der Waals surface area contributed by atoms with E-state index in [-0.39, 0.29) is 0 Å². The van der Waals surface area contributed by atoms with Gasteiger partial charge in [-0.2, -0.15) is 5.10 Å². The summed E-state index contributed by atoms with van der Waals surface area (Å²) in [4.78, 5) is 2.69. The second kappa shape index (κ2) is 5.49. The van der Waals surface area contributed by atoms with E-state index in [0.29, 0.717) is 12.1 Å². The normalized spacial score (nSPS) is 28.6. The van der Waals surface area contributed by atoms with Gasteiger partial charge in [0.1, 0.15) is 0 Å². The van der Waals surface area contributed by atoms with Gasteiger partial charge in [-0.1, -0.05) is 6.42 Å². The Kier molecular flexibility index (Phi) is 3.87. The number of hydrogen-bond acceptors (Lipinski definition) is 3. The lowest BCUT2D eigenvalue weighted by atomic mass is 9.97. The molecule has 2 fully saturated rings. The quantitative estimate of drug-likeness (QED) is 0.919. The van der Waals surface area contributed by atoms with Gasteiger partial charge in [0.05, 0.1) is 5.69 Å². The summed E-state index contributed by atoms with van der Waals surface area (Å²) in [6, 6.07) is 1.82. The first-order valence-corrected chi connectivity index (χ1v) is 8.08. The van der Waals surface area contributed by atoms with Crippen molar-refractivity contribution in [2.24, 2.45) is 7.05 Å². The number of fused-ring (bicyclic) bond motifs is 1. The minimum absolute atomic E-state index is 0.399. The summed E-state index contributed by atoms with van der Waals surface area (Å²) in [5.74, 6) is 0. The minimum Gasteiger partial charge on any atom is -0.306 e. The minimum atomic E-state index is 0.399. The molecule has 0 bridgehead atoms. The summed E-state index contributed by atoms with van der Waals surface area (Å²) < 4.78 is 2.00. The van der Waals surface area contributed by atoms with Crippen LogP contribution in [0.2, 0.25) is 0 Å². The number of rotatable bonds is 3. The van der Waals surface area contributed by atoms with Gasteiger partial charge in [-0.05, 0) is 46.6 Å². The van der Waals surface area contributed by atoms with Crippen molar-refractivity contribution in [3.63, 3.8) is 0 Å². The predicted molar refractivity (Wildman–Crippen MR) is 81.8 cm³/mol. The molecule has 20 heavy (non-hydrogen) atoms. The lowest BCUT2D eigenvalue weighted by molar-refractivity contribution is 0.177. The molecule has 4 nitrogen and oxygen atoms in total. The third-order valence-electron chi connectivity index (χ3n) is 5.32. The summed E-state index contributed by atoms with van der Waals surface area (Å²) in [6.45, 7) is 9.18. The average Bonchev–Trinajstić information content (AvgIpc) is 2.92. The van der Waals surface area contributed by atoms with Gasteiger partial charge in [0.15, 0.2) is 0 Å². The second-order valence-corrected chi connectivity index (χ2v) is 6.59. The maximum Gasteiger partial charge on any atom is 0.0644 e. The molecule has 1 aromatic rings. The topological polar surface area (TPSA) is 33.1 Å². The molecule has 4 heteroatoms. The number of piperidine rings is 1. The van der Waals surface area contributed by atoms with E-state index in [1.807, 2.05) is 11.7 Å². The fraction of sp³-hybridized carbons (Fsp3) is 0.812. The highest BCUT2D eigenvalue weighted by molar-refractivity contribution is 5.27. The average molecular weight is 276 g/mol. The van der Waals surface area contributed by atoms with Crippen LogP contribution in [0.1, 0.15) is 55.6 Å². The van der Waals surface area contributed by atoms with Crippen LogP contribution >= 0.6 is 0 Å². The zero-order valence-electron chi connectivity index (χ0n) is 13.3. The molecule has 0 radical (unpaired) electrons. The van der Waals surface area contributed by atoms with Gasteiger partial charge in [0.25, 0.3) is 0 Å². The van der Waals surface area contributed by atoms with Crippen LogP contribution in [0, 0.1) is 13.8 Å². The molecule has 3 heterocycles. The van der Waals surface area contributed by atoms with Crippen LogP contribution in [-0.2, 0) is 7.05 Å². The van der Waals surface area contributed by atoms with Crippen molar-refractivity contribution < 1.29 is 0 Å². The molecule has 1 aromatic heterocycles. The Morgan fingerprint density at radius 2 is 2.00 bits per heavy atom. The Labute approximate surface area is 122 Å². The van der Waals surface area contributed by atoms with Gasteiger partial charge in [0.2, 0.25) is 0 Å². The Bertz CT molecular complexity index is 479. The van der Waals surface area contributed by atoms with Crippen LogP contribution in [0.5, 0.6) is 0 Å². The van der Waals surface area contributed by atoms with Gasteiger partial charge in [0, 0.05) is 43.0 Å². The maximum absolute atomic E-state index is 4.55. The highest BCUT2D eigenvalue weighted by Crippen LogP contribution is 2.30. The van der Waals surface area contributed by atoms with E-state index in [1.165, 1.54) is 55.7 Å². The van der Waals surface area contributed by atoms with E-state index < -0.39 is 0 Å². The number of aryl methyl sites for hydroxylation is 2. The summed E-state index contributed by atoms with van der Waals surface area (Å²) in [7, 11) is 2.04. The Morgan fingerprint density at radius 3 is 2.70 bits per heavy atom. The first-order valence-electron chi connectivity index (χ1n) is 8.08. The molecule has 2 aliphatic heterocycles. The van der Waals surface area contributed by atoms with Crippen molar-refractivity contribution in [3.8, 4) is 0 Å². The monoisotopic (exact) mass is 276 g/mol. The third kappa shape index (κ3) is 2.40. The number of nitrogens with zero attached hydrogens (tertiary/aromatic N) is 3. The smallest absolute Gasteiger partial charge is 0.0644 e. The maximum atomic E-state index is 4.55. The number of nitrogens with one attached hydrogen (secondary N) is 1. The van der Waals surface area contributed by atoms with Crippen molar-refractivity contribution >= 4 is 0 Å². The summed E-state index contributed by atoms with van der Waals surface area (Å²) >= 11 is 0. The fourth-order valence-corrected chi connectivity index (χ4v) is 4.26. The largest absolute Gasteiger partial charge is 0.306 e. The summed E-state index contributed by atoms with van der Waals surface area (Å²) in [6.07, 6.45) is 5.46. The first kappa shape index (κ1) is 14.1. The third-order valence-corrected chi connectivity index (χ3v) is 5.32. The summed E-state index contributed by atoms with van der Waals surface area (Å²) in [5.41, 5.74) is 3.85. The Morgan fingerprint density at radius 1 is 1.20 bits per heavy atom. The molecule has 0 aromatic carbocycles. The van der Waals surface area contributed by atoms with Gasteiger partial charge >= 0.3 is 0 Å². The SMILES string of the molecule is Cc1nn(C)c(C)c1C(C)NC1CCN2CCCCC12. The van der Waals surface area contributed by atoms with Gasteiger partial charge in [-0.15, -0.1) is 0 Å². The zero-order chi connectivity index (χ0) is 14.3. The van der Waals surface area contributed by atoms with E-state index in [0.717, 1.165) is 6.04 Å². The van der Waals surface area contributed by atoms with Crippen LogP contribution in [0.4, 0.5) is 0 Å². The summed E-state index contributed by atoms with van der Waals surface area (Å²) in [5, 5.41) is 8.45. The van der Waals surface area contributed by atoms with Crippen molar-refractivity contribution in [1.82, 2.24) is 20.0 Å². The molecule has 0 aliphatic carbocycles. The highest BCUT2D eigenvalue weighted by atomic mass is 15.3. The second-order valence-electron chi connectivity index (χ2n) is 6.59. The van der Waals surface area contributed by atoms with E-state index in [9.17, 15) is 0 Å². The molecule has 2 saturated heterocycles. The van der Waals surface area contributed by atoms with Crippen LogP contribution in [0.25, 0.3) is 0 Å². The molecular formula is C16H28N4. The molecule has 3 rings (SSSR count). The number of aromatic nitrogens is 2. The molecule has 0 amide bonds. The van der Waals surface area contributed by atoms with Gasteiger partial charge < -0.3 is 5.32 Å². The molecule has 0 saturated carbocycles. The van der Waals surface area contributed by atoms with Gasteiger partial charge in [-0.3, -0.25) is 9.58 Å². The molecule has 0 spiro atoms. The van der Waals surface area contributed by atoms with Crippen molar-refractivity contribution in [1.29, 1.82) is 0 Å². The van der Waals surface area contributed by atoms with Crippen molar-refractivity contribution in [3.05, 3.63) is 17.0 Å². The molecule has 1 N–H and O–H groups in total. The number of hydrogen-bond donors (Lipinski definition) is 1. The molecular weight excluding hydrogens is 248 g/mol. The molecule has 2 aliphatic rings.